The average molecular weight is 369 g/mol. The molecule has 0 radical (unpaired) electrons. The van der Waals surface area contributed by atoms with E-state index in [1.165, 1.54) is 11.3 Å². The fraction of sp³-hybridized carbons (Fsp3) is 0.333. The Bertz CT molecular complexity index is 952. The summed E-state index contributed by atoms with van der Waals surface area (Å²) in [6.45, 7) is 4.20. The molecule has 0 unspecified atom stereocenters. The SMILES string of the molecule is COc1cncc(CNc2nc(C(=O)N3CC(C)C3)c3sccc3n2)c1. The molecule has 26 heavy (non-hydrogen) atoms. The summed E-state index contributed by atoms with van der Waals surface area (Å²) in [5, 5.41) is 5.12. The van der Waals surface area contributed by atoms with E-state index in [0.717, 1.165) is 28.9 Å². The summed E-state index contributed by atoms with van der Waals surface area (Å²) in [6.07, 6.45) is 3.41. The lowest BCUT2D eigenvalue weighted by Gasteiger charge is -2.36. The lowest BCUT2D eigenvalue weighted by Crippen LogP contribution is -2.48. The van der Waals surface area contributed by atoms with Crippen molar-refractivity contribution >= 4 is 33.4 Å². The Labute approximate surface area is 155 Å². The van der Waals surface area contributed by atoms with Crippen LogP contribution in [0.2, 0.25) is 0 Å². The summed E-state index contributed by atoms with van der Waals surface area (Å²) >= 11 is 1.50. The van der Waals surface area contributed by atoms with E-state index < -0.39 is 0 Å². The van der Waals surface area contributed by atoms with Crippen LogP contribution in [-0.4, -0.2) is 46.0 Å². The highest BCUT2D eigenvalue weighted by molar-refractivity contribution is 7.17. The van der Waals surface area contributed by atoms with Crippen molar-refractivity contribution < 1.29 is 9.53 Å². The molecule has 0 aliphatic carbocycles. The van der Waals surface area contributed by atoms with Crippen LogP contribution in [0.4, 0.5) is 5.95 Å². The molecule has 0 atom stereocenters. The van der Waals surface area contributed by atoms with Crippen molar-refractivity contribution in [1.82, 2.24) is 19.9 Å². The molecule has 1 fully saturated rings. The van der Waals surface area contributed by atoms with Gasteiger partial charge in [-0.25, -0.2) is 9.97 Å². The van der Waals surface area contributed by atoms with Crippen molar-refractivity contribution in [1.29, 1.82) is 0 Å². The number of ether oxygens (including phenoxy) is 1. The lowest BCUT2D eigenvalue weighted by atomic mass is 10.0. The second-order valence-electron chi connectivity index (χ2n) is 6.43. The number of aromatic nitrogens is 3. The van der Waals surface area contributed by atoms with Crippen LogP contribution in [0.5, 0.6) is 5.75 Å². The van der Waals surface area contributed by atoms with Gasteiger partial charge in [-0.05, 0) is 29.0 Å². The molecule has 0 aromatic carbocycles. The molecule has 8 heteroatoms. The first-order valence-corrected chi connectivity index (χ1v) is 9.28. The van der Waals surface area contributed by atoms with Gasteiger partial charge in [-0.15, -0.1) is 11.3 Å². The van der Waals surface area contributed by atoms with Gasteiger partial charge in [-0.2, -0.15) is 0 Å². The third-order valence-corrected chi connectivity index (χ3v) is 5.22. The minimum atomic E-state index is -0.0240. The van der Waals surface area contributed by atoms with Gasteiger partial charge in [0.2, 0.25) is 5.95 Å². The quantitative estimate of drug-likeness (QED) is 0.745. The fourth-order valence-electron chi connectivity index (χ4n) is 2.96. The van der Waals surface area contributed by atoms with Crippen molar-refractivity contribution in [2.24, 2.45) is 5.92 Å². The van der Waals surface area contributed by atoms with Crippen LogP contribution in [0.3, 0.4) is 0 Å². The van der Waals surface area contributed by atoms with Crippen molar-refractivity contribution in [2.75, 3.05) is 25.5 Å². The van der Waals surface area contributed by atoms with Gasteiger partial charge in [0.1, 0.15) is 5.75 Å². The lowest BCUT2D eigenvalue weighted by molar-refractivity contribution is 0.0527. The van der Waals surface area contributed by atoms with Crippen molar-refractivity contribution in [3.05, 3.63) is 41.2 Å². The number of likely N-dealkylation sites (tertiary alicyclic amines) is 1. The topological polar surface area (TPSA) is 80.2 Å². The van der Waals surface area contributed by atoms with E-state index in [2.05, 4.69) is 27.2 Å². The highest BCUT2D eigenvalue weighted by Crippen LogP contribution is 2.27. The number of carbonyl (C=O) groups excluding carboxylic acids is 1. The van der Waals surface area contributed by atoms with Gasteiger partial charge in [0.15, 0.2) is 5.69 Å². The molecule has 1 N–H and O–H groups in total. The number of methoxy groups -OCH3 is 1. The van der Waals surface area contributed by atoms with Crippen LogP contribution >= 0.6 is 11.3 Å². The number of fused-ring (bicyclic) bond motifs is 1. The number of nitrogens with zero attached hydrogens (tertiary/aromatic N) is 4. The van der Waals surface area contributed by atoms with Gasteiger partial charge in [-0.3, -0.25) is 9.78 Å². The van der Waals surface area contributed by atoms with Gasteiger partial charge in [-0.1, -0.05) is 6.92 Å². The first kappa shape index (κ1) is 16.7. The second kappa shape index (κ2) is 6.87. The Morgan fingerprint density at radius 2 is 2.23 bits per heavy atom. The molecule has 4 heterocycles. The highest BCUT2D eigenvalue weighted by Gasteiger charge is 2.30. The van der Waals surface area contributed by atoms with Crippen molar-refractivity contribution in [3.63, 3.8) is 0 Å². The Balaban J connectivity index is 1.58. The minimum Gasteiger partial charge on any atom is -0.495 e. The predicted octanol–water partition coefficient (Wildman–Crippen LogP) is 2.80. The third-order valence-electron chi connectivity index (χ3n) is 4.31. The smallest absolute Gasteiger partial charge is 0.274 e. The van der Waals surface area contributed by atoms with Gasteiger partial charge in [0, 0.05) is 25.8 Å². The Kier molecular flexibility index (Phi) is 4.42. The number of nitrogens with one attached hydrogen (secondary N) is 1. The summed E-state index contributed by atoms with van der Waals surface area (Å²) in [7, 11) is 1.61. The number of carbonyl (C=O) groups is 1. The number of anilines is 1. The maximum absolute atomic E-state index is 12.8. The van der Waals surface area contributed by atoms with E-state index in [-0.39, 0.29) is 5.91 Å². The molecule has 0 spiro atoms. The van der Waals surface area contributed by atoms with Gasteiger partial charge < -0.3 is 15.0 Å². The molecular formula is C18H19N5O2S. The number of rotatable bonds is 5. The molecule has 0 saturated carbocycles. The van der Waals surface area contributed by atoms with E-state index in [0.29, 0.717) is 29.9 Å². The molecule has 1 saturated heterocycles. The molecule has 1 amide bonds. The monoisotopic (exact) mass is 369 g/mol. The van der Waals surface area contributed by atoms with Gasteiger partial charge >= 0.3 is 0 Å². The zero-order valence-corrected chi connectivity index (χ0v) is 15.4. The summed E-state index contributed by atoms with van der Waals surface area (Å²) in [5.41, 5.74) is 2.21. The first-order valence-electron chi connectivity index (χ1n) is 8.40. The predicted molar refractivity (Wildman–Crippen MR) is 101 cm³/mol. The molecular weight excluding hydrogens is 350 g/mol. The number of hydrogen-bond donors (Lipinski definition) is 1. The molecule has 3 aromatic rings. The van der Waals surface area contributed by atoms with Crippen LogP contribution in [0.15, 0.2) is 29.9 Å². The second-order valence-corrected chi connectivity index (χ2v) is 7.35. The molecule has 0 bridgehead atoms. The van der Waals surface area contributed by atoms with Crippen LogP contribution < -0.4 is 10.1 Å². The van der Waals surface area contributed by atoms with Crippen LogP contribution in [-0.2, 0) is 6.54 Å². The molecule has 1 aliphatic heterocycles. The van der Waals surface area contributed by atoms with Gasteiger partial charge in [0.05, 0.1) is 23.5 Å². The summed E-state index contributed by atoms with van der Waals surface area (Å²) in [4.78, 5) is 27.8. The Morgan fingerprint density at radius 1 is 1.38 bits per heavy atom. The molecule has 7 nitrogen and oxygen atoms in total. The van der Waals surface area contributed by atoms with Crippen molar-refractivity contribution in [3.8, 4) is 5.75 Å². The van der Waals surface area contributed by atoms with Gasteiger partial charge in [0.25, 0.3) is 5.91 Å². The molecule has 3 aromatic heterocycles. The Hall–Kier alpha value is -2.74. The van der Waals surface area contributed by atoms with E-state index >= 15 is 0 Å². The summed E-state index contributed by atoms with van der Waals surface area (Å²) in [6, 6.07) is 3.81. The minimum absolute atomic E-state index is 0.0240. The number of thiophene rings is 1. The molecule has 134 valence electrons. The van der Waals surface area contributed by atoms with E-state index in [1.54, 1.807) is 19.5 Å². The maximum Gasteiger partial charge on any atom is 0.274 e. The number of amides is 1. The Morgan fingerprint density at radius 3 is 3.00 bits per heavy atom. The van der Waals surface area contributed by atoms with Crippen LogP contribution in [0.25, 0.3) is 10.2 Å². The third kappa shape index (κ3) is 3.20. The van der Waals surface area contributed by atoms with Crippen LogP contribution in [0.1, 0.15) is 23.0 Å². The van der Waals surface area contributed by atoms with E-state index in [4.69, 9.17) is 4.74 Å². The van der Waals surface area contributed by atoms with E-state index in [1.807, 2.05) is 22.4 Å². The van der Waals surface area contributed by atoms with Crippen molar-refractivity contribution in [2.45, 2.75) is 13.5 Å². The zero-order valence-electron chi connectivity index (χ0n) is 14.6. The number of hydrogen-bond acceptors (Lipinski definition) is 7. The normalized spacial score (nSPS) is 14.3. The number of pyridine rings is 1. The molecule has 4 rings (SSSR count). The summed E-state index contributed by atoms with van der Waals surface area (Å²) < 4.78 is 6.02. The van der Waals surface area contributed by atoms with E-state index in [9.17, 15) is 4.79 Å². The standard InChI is InChI=1S/C18H19N5O2S/c1-11-9-23(10-11)17(24)15-16-14(3-4-26-16)21-18(22-15)20-7-12-5-13(25-2)8-19-6-12/h3-6,8,11H,7,9-10H2,1-2H3,(H,20,21,22). The maximum atomic E-state index is 12.8. The summed E-state index contributed by atoms with van der Waals surface area (Å²) in [5.74, 6) is 1.67. The largest absolute Gasteiger partial charge is 0.495 e. The molecule has 1 aliphatic rings. The highest BCUT2D eigenvalue weighted by atomic mass is 32.1. The van der Waals surface area contributed by atoms with Crippen LogP contribution in [0, 0.1) is 5.92 Å². The first-order chi connectivity index (χ1) is 12.6. The average Bonchev–Trinajstić information content (AvgIpc) is 3.11. The fourth-order valence-corrected chi connectivity index (χ4v) is 3.77. The zero-order chi connectivity index (χ0) is 18.1.